The number of benzene rings is 2. The summed E-state index contributed by atoms with van der Waals surface area (Å²) in [5.41, 5.74) is 0.747. The molecule has 0 aliphatic carbocycles. The minimum Gasteiger partial charge on any atom is -0.493 e. The first kappa shape index (κ1) is 21.7. The number of rotatable bonds is 8. The zero-order valence-electron chi connectivity index (χ0n) is 17.6. The second-order valence-corrected chi connectivity index (χ2v) is 6.78. The Hall–Kier alpha value is -4.54. The highest BCUT2D eigenvalue weighted by atomic mass is 19.1. The smallest absolute Gasteiger partial charge is 0.246 e. The number of carbonyl (C=O) groups excluding carboxylic acids is 2. The van der Waals surface area contributed by atoms with Crippen molar-refractivity contribution in [1.29, 1.82) is 0 Å². The largest absolute Gasteiger partial charge is 0.493 e. The van der Waals surface area contributed by atoms with Gasteiger partial charge in [0.15, 0.2) is 23.5 Å². The molecule has 0 radical (unpaired) electrons. The number of anilines is 1. The molecule has 0 bridgehead atoms. The summed E-state index contributed by atoms with van der Waals surface area (Å²) in [6.45, 7) is -0.132. The van der Waals surface area contributed by atoms with Crippen molar-refractivity contribution in [3.05, 3.63) is 60.4 Å². The number of carbonyl (C=O) groups is 2. The number of nitrogens with one attached hydrogen (secondary N) is 1. The Bertz CT molecular complexity index is 1340. The maximum absolute atomic E-state index is 13.4. The van der Waals surface area contributed by atoms with Crippen molar-refractivity contribution in [2.24, 2.45) is 0 Å². The highest BCUT2D eigenvalue weighted by Crippen LogP contribution is 2.35. The van der Waals surface area contributed by atoms with Gasteiger partial charge in [-0.15, -0.1) is 0 Å². The first-order valence-corrected chi connectivity index (χ1v) is 9.62. The highest BCUT2D eigenvalue weighted by molar-refractivity contribution is 5.91. The van der Waals surface area contributed by atoms with E-state index in [0.29, 0.717) is 40.1 Å². The summed E-state index contributed by atoms with van der Waals surface area (Å²) >= 11 is 0. The van der Waals surface area contributed by atoms with Crippen molar-refractivity contribution < 1.29 is 28.2 Å². The van der Waals surface area contributed by atoms with E-state index < -0.39 is 11.7 Å². The lowest BCUT2D eigenvalue weighted by atomic mass is 10.2. The van der Waals surface area contributed by atoms with E-state index in [1.807, 2.05) is 0 Å². The molecule has 0 saturated heterocycles. The summed E-state index contributed by atoms with van der Waals surface area (Å²) in [5.74, 6) is 0.563. The first-order valence-electron chi connectivity index (χ1n) is 9.62. The number of ether oxygens (including phenoxy) is 3. The van der Waals surface area contributed by atoms with Gasteiger partial charge in [-0.25, -0.2) is 14.4 Å². The van der Waals surface area contributed by atoms with Crippen LogP contribution in [0.3, 0.4) is 0 Å². The Morgan fingerprint density at radius 3 is 2.70 bits per heavy atom. The number of hydrogen-bond donors (Lipinski definition) is 1. The Labute approximate surface area is 186 Å². The van der Waals surface area contributed by atoms with Crippen molar-refractivity contribution in [3.8, 4) is 23.1 Å². The van der Waals surface area contributed by atoms with Crippen LogP contribution in [0.1, 0.15) is 10.4 Å². The van der Waals surface area contributed by atoms with E-state index in [1.165, 1.54) is 49.8 Å². The SMILES string of the molecule is COc1cc2ncnc(Oc3cnn(CC(=O)Nc4ccc(F)c(C=O)c4)c3)c2cc1OC. The number of aldehydes is 1. The first-order chi connectivity index (χ1) is 16.0. The average Bonchev–Trinajstić information content (AvgIpc) is 3.26. The zero-order chi connectivity index (χ0) is 23.4. The third kappa shape index (κ3) is 4.71. The normalized spacial score (nSPS) is 10.6. The van der Waals surface area contributed by atoms with Crippen molar-refractivity contribution in [1.82, 2.24) is 19.7 Å². The molecule has 0 saturated carbocycles. The average molecular weight is 451 g/mol. The monoisotopic (exact) mass is 451 g/mol. The van der Waals surface area contributed by atoms with Crippen LogP contribution in [0.2, 0.25) is 0 Å². The van der Waals surface area contributed by atoms with Crippen LogP contribution in [0.15, 0.2) is 49.1 Å². The van der Waals surface area contributed by atoms with Gasteiger partial charge in [0.2, 0.25) is 11.8 Å². The summed E-state index contributed by atoms with van der Waals surface area (Å²) in [6.07, 6.45) is 4.70. The molecule has 1 amide bonds. The Kier molecular flexibility index (Phi) is 6.11. The molecule has 10 nitrogen and oxygen atoms in total. The molecule has 2 aromatic carbocycles. The van der Waals surface area contributed by atoms with E-state index in [4.69, 9.17) is 14.2 Å². The van der Waals surface area contributed by atoms with Crippen molar-refractivity contribution in [2.45, 2.75) is 6.54 Å². The fourth-order valence-corrected chi connectivity index (χ4v) is 3.10. The minimum atomic E-state index is -0.662. The molecule has 0 unspecified atom stereocenters. The molecule has 1 N–H and O–H groups in total. The molecule has 11 heteroatoms. The molecule has 4 rings (SSSR count). The molecule has 0 spiro atoms. The van der Waals surface area contributed by atoms with Crippen LogP contribution < -0.4 is 19.5 Å². The van der Waals surface area contributed by atoms with Gasteiger partial charge in [-0.2, -0.15) is 5.10 Å². The van der Waals surface area contributed by atoms with Crippen LogP contribution in [-0.4, -0.2) is 46.2 Å². The van der Waals surface area contributed by atoms with Gasteiger partial charge in [-0.05, 0) is 24.3 Å². The van der Waals surface area contributed by atoms with Gasteiger partial charge >= 0.3 is 0 Å². The van der Waals surface area contributed by atoms with E-state index in [9.17, 15) is 14.0 Å². The summed E-state index contributed by atoms with van der Waals surface area (Å²) in [7, 11) is 3.05. The van der Waals surface area contributed by atoms with Gasteiger partial charge < -0.3 is 19.5 Å². The second-order valence-electron chi connectivity index (χ2n) is 6.78. The number of halogens is 1. The van der Waals surface area contributed by atoms with Crippen LogP contribution in [0.25, 0.3) is 10.9 Å². The van der Waals surface area contributed by atoms with Gasteiger partial charge in [0.1, 0.15) is 18.7 Å². The predicted molar refractivity (Wildman–Crippen MR) is 115 cm³/mol. The number of methoxy groups -OCH3 is 2. The molecular weight excluding hydrogens is 433 g/mol. The maximum Gasteiger partial charge on any atom is 0.246 e. The van der Waals surface area contributed by atoms with Gasteiger partial charge in [-0.1, -0.05) is 0 Å². The third-order valence-electron chi connectivity index (χ3n) is 4.64. The van der Waals surface area contributed by atoms with Gasteiger partial charge in [-0.3, -0.25) is 14.3 Å². The standard InChI is InChI=1S/C22H18FN5O5/c1-31-19-6-16-18(7-20(19)32-2)24-12-25-22(16)33-15-8-26-28(9-15)10-21(30)27-14-3-4-17(23)13(5-14)11-29/h3-9,11-12H,10H2,1-2H3,(H,27,30). The van der Waals surface area contributed by atoms with E-state index >= 15 is 0 Å². The van der Waals surface area contributed by atoms with E-state index in [-0.39, 0.29) is 18.0 Å². The minimum absolute atomic E-state index is 0.132. The van der Waals surface area contributed by atoms with Crippen LogP contribution >= 0.6 is 0 Å². The van der Waals surface area contributed by atoms with Crippen molar-refractivity contribution in [3.63, 3.8) is 0 Å². The predicted octanol–water partition coefficient (Wildman–Crippen LogP) is 3.23. The van der Waals surface area contributed by atoms with Crippen molar-refractivity contribution in [2.75, 3.05) is 19.5 Å². The van der Waals surface area contributed by atoms with Crippen LogP contribution in [-0.2, 0) is 11.3 Å². The van der Waals surface area contributed by atoms with Crippen molar-refractivity contribution >= 4 is 28.8 Å². The van der Waals surface area contributed by atoms with Gasteiger partial charge in [0, 0.05) is 11.8 Å². The lowest BCUT2D eigenvalue weighted by Crippen LogP contribution is -2.19. The molecule has 0 fully saturated rings. The summed E-state index contributed by atoms with van der Waals surface area (Å²) in [6, 6.07) is 7.14. The van der Waals surface area contributed by atoms with E-state index in [1.54, 1.807) is 12.1 Å². The van der Waals surface area contributed by atoms with Crippen LogP contribution in [0.4, 0.5) is 10.1 Å². The Morgan fingerprint density at radius 2 is 1.94 bits per heavy atom. The lowest BCUT2D eigenvalue weighted by molar-refractivity contribution is -0.116. The second kappa shape index (κ2) is 9.30. The van der Waals surface area contributed by atoms with Gasteiger partial charge in [0.25, 0.3) is 0 Å². The fraction of sp³-hybridized carbons (Fsp3) is 0.136. The topological polar surface area (TPSA) is 117 Å². The molecule has 0 aliphatic rings. The third-order valence-corrected chi connectivity index (χ3v) is 4.64. The molecule has 2 heterocycles. The number of fused-ring (bicyclic) bond motifs is 1. The zero-order valence-corrected chi connectivity index (χ0v) is 17.6. The van der Waals surface area contributed by atoms with Crippen LogP contribution in [0, 0.1) is 5.82 Å². The number of nitrogens with zero attached hydrogens (tertiary/aromatic N) is 4. The summed E-state index contributed by atoms with van der Waals surface area (Å²) in [4.78, 5) is 31.6. The number of aromatic nitrogens is 4. The molecule has 33 heavy (non-hydrogen) atoms. The Morgan fingerprint density at radius 1 is 1.15 bits per heavy atom. The Balaban J connectivity index is 1.48. The quantitative estimate of drug-likeness (QED) is 0.406. The molecule has 4 aromatic rings. The molecular formula is C22H18FN5O5. The molecule has 0 atom stereocenters. The molecule has 168 valence electrons. The summed E-state index contributed by atoms with van der Waals surface area (Å²) < 4.78 is 31.2. The van der Waals surface area contributed by atoms with E-state index in [2.05, 4.69) is 20.4 Å². The number of amides is 1. The lowest BCUT2D eigenvalue weighted by Gasteiger charge is -2.10. The molecule has 2 aromatic heterocycles. The highest BCUT2D eigenvalue weighted by Gasteiger charge is 2.14. The summed E-state index contributed by atoms with van der Waals surface area (Å²) in [5, 5.41) is 7.30. The van der Waals surface area contributed by atoms with Crippen LogP contribution in [0.5, 0.6) is 23.1 Å². The molecule has 0 aliphatic heterocycles. The fourth-order valence-electron chi connectivity index (χ4n) is 3.10. The number of hydrogen-bond acceptors (Lipinski definition) is 8. The maximum atomic E-state index is 13.4. The van der Waals surface area contributed by atoms with E-state index in [0.717, 1.165) is 6.07 Å². The van der Waals surface area contributed by atoms with Gasteiger partial charge in [0.05, 0.1) is 43.1 Å².